The van der Waals surface area contributed by atoms with Crippen LogP contribution in [0.3, 0.4) is 0 Å². The minimum Gasteiger partial charge on any atom is -0.309 e. The average Bonchev–Trinajstić information content (AvgIpc) is 3.79. The van der Waals surface area contributed by atoms with E-state index in [1.807, 2.05) is 12.1 Å². The van der Waals surface area contributed by atoms with Crippen LogP contribution in [0.15, 0.2) is 212 Å². The Balaban J connectivity index is 1.09. The van der Waals surface area contributed by atoms with Crippen molar-refractivity contribution in [2.45, 2.75) is 0 Å². The third-order valence-electron chi connectivity index (χ3n) is 11.3. The summed E-state index contributed by atoms with van der Waals surface area (Å²) in [6, 6.07) is 73.9. The second-order valence-electron chi connectivity index (χ2n) is 14.7. The second-order valence-corrected chi connectivity index (χ2v) is 14.7. The van der Waals surface area contributed by atoms with Gasteiger partial charge in [0.05, 0.1) is 22.1 Å². The highest BCUT2D eigenvalue weighted by Crippen LogP contribution is 2.40. The summed E-state index contributed by atoms with van der Waals surface area (Å²) in [7, 11) is 0. The van der Waals surface area contributed by atoms with Gasteiger partial charge in [-0.3, -0.25) is 0 Å². The van der Waals surface area contributed by atoms with Crippen LogP contribution in [0, 0.1) is 5.82 Å². The number of rotatable bonds is 6. The Bertz CT molecular complexity index is 3230. The summed E-state index contributed by atoms with van der Waals surface area (Å²) in [5, 5.41) is 4.67. The van der Waals surface area contributed by atoms with Gasteiger partial charge < -0.3 is 9.13 Å². The maximum Gasteiger partial charge on any atom is 0.125 e. The van der Waals surface area contributed by atoms with Crippen molar-refractivity contribution >= 4 is 43.6 Å². The van der Waals surface area contributed by atoms with Gasteiger partial charge in [0.15, 0.2) is 0 Å². The summed E-state index contributed by atoms with van der Waals surface area (Å²) < 4.78 is 20.6. The van der Waals surface area contributed by atoms with Crippen molar-refractivity contribution < 1.29 is 4.39 Å². The molecule has 0 aliphatic heterocycles. The highest BCUT2D eigenvalue weighted by molar-refractivity contribution is 6.12. The van der Waals surface area contributed by atoms with E-state index in [9.17, 15) is 0 Å². The first kappa shape index (κ1) is 32.9. The first-order valence-corrected chi connectivity index (χ1v) is 19.4. The van der Waals surface area contributed by atoms with Crippen LogP contribution >= 0.6 is 0 Å². The summed E-state index contributed by atoms with van der Waals surface area (Å²) in [4.78, 5) is 0. The van der Waals surface area contributed by atoms with Crippen molar-refractivity contribution in [2.24, 2.45) is 0 Å². The van der Waals surface area contributed by atoms with Gasteiger partial charge in [0.25, 0.3) is 0 Å². The molecule has 0 unspecified atom stereocenters. The fourth-order valence-electron chi connectivity index (χ4n) is 8.69. The highest BCUT2D eigenvalue weighted by atomic mass is 19.1. The lowest BCUT2D eigenvalue weighted by atomic mass is 9.93. The smallest absolute Gasteiger partial charge is 0.125 e. The molecule has 268 valence electrons. The number of fused-ring (bicyclic) bond motifs is 6. The molecule has 2 aromatic heterocycles. The summed E-state index contributed by atoms with van der Waals surface area (Å²) in [6.45, 7) is 0. The van der Waals surface area contributed by atoms with Crippen molar-refractivity contribution in [2.75, 3.05) is 0 Å². The van der Waals surface area contributed by atoms with E-state index in [-0.39, 0.29) is 5.82 Å². The minimum absolute atomic E-state index is 0.281. The predicted octanol–water partition coefficient (Wildman–Crippen LogP) is 14.7. The lowest BCUT2D eigenvalue weighted by Crippen LogP contribution is -1.96. The number of benzene rings is 9. The Kier molecular flexibility index (Phi) is 7.71. The van der Waals surface area contributed by atoms with Crippen LogP contribution in [0.2, 0.25) is 0 Å². The topological polar surface area (TPSA) is 9.86 Å². The molecule has 11 aromatic rings. The lowest BCUT2D eigenvalue weighted by Gasteiger charge is -2.14. The van der Waals surface area contributed by atoms with E-state index in [4.69, 9.17) is 0 Å². The number of aromatic nitrogens is 2. The van der Waals surface area contributed by atoms with Crippen LogP contribution in [-0.2, 0) is 0 Å². The molecule has 0 fully saturated rings. The van der Waals surface area contributed by atoms with Gasteiger partial charge in [-0.05, 0) is 123 Å². The van der Waals surface area contributed by atoms with Crippen molar-refractivity contribution in [3.05, 3.63) is 218 Å². The lowest BCUT2D eigenvalue weighted by molar-refractivity contribution is 0.627. The fraction of sp³-hybridized carbons (Fsp3) is 0. The predicted molar refractivity (Wildman–Crippen MR) is 237 cm³/mol. The number of nitrogens with zero attached hydrogens (tertiary/aromatic N) is 2. The zero-order chi connectivity index (χ0) is 37.9. The van der Waals surface area contributed by atoms with Gasteiger partial charge in [0.2, 0.25) is 0 Å². The maximum absolute atomic E-state index is 16.1. The molecule has 0 spiro atoms. The molecule has 0 bridgehead atoms. The molecule has 11 rings (SSSR count). The van der Waals surface area contributed by atoms with Crippen molar-refractivity contribution in [3.63, 3.8) is 0 Å². The molecule has 0 aliphatic carbocycles. The largest absolute Gasteiger partial charge is 0.309 e. The molecule has 2 heterocycles. The second kappa shape index (κ2) is 13.4. The van der Waals surface area contributed by atoms with Crippen LogP contribution in [0.4, 0.5) is 4.39 Å². The molecular weight excluding hydrogens is 696 g/mol. The average molecular weight is 731 g/mol. The summed E-state index contributed by atoms with van der Waals surface area (Å²) in [5.74, 6) is -0.281. The summed E-state index contributed by atoms with van der Waals surface area (Å²) >= 11 is 0. The van der Waals surface area contributed by atoms with E-state index in [1.54, 1.807) is 12.1 Å². The van der Waals surface area contributed by atoms with E-state index >= 15 is 4.39 Å². The first-order valence-electron chi connectivity index (χ1n) is 19.4. The van der Waals surface area contributed by atoms with Gasteiger partial charge in [-0.2, -0.15) is 0 Å². The Labute approximate surface area is 330 Å². The molecule has 0 radical (unpaired) electrons. The Hall–Kier alpha value is -7.49. The van der Waals surface area contributed by atoms with Gasteiger partial charge in [0.1, 0.15) is 5.82 Å². The van der Waals surface area contributed by atoms with E-state index in [0.29, 0.717) is 0 Å². The van der Waals surface area contributed by atoms with E-state index < -0.39 is 0 Å². The molecule has 0 saturated carbocycles. The monoisotopic (exact) mass is 730 g/mol. The number of para-hydroxylation sites is 3. The van der Waals surface area contributed by atoms with E-state index in [1.165, 1.54) is 21.8 Å². The molecule has 0 N–H and O–H groups in total. The van der Waals surface area contributed by atoms with Crippen molar-refractivity contribution in [3.8, 4) is 55.9 Å². The van der Waals surface area contributed by atoms with Crippen LogP contribution < -0.4 is 0 Å². The minimum atomic E-state index is -0.281. The molecule has 57 heavy (non-hydrogen) atoms. The molecular formula is C54H35FN2. The number of hydrogen-bond donors (Lipinski definition) is 0. The normalized spacial score (nSPS) is 11.6. The highest BCUT2D eigenvalue weighted by Gasteiger charge is 2.18. The molecule has 2 nitrogen and oxygen atoms in total. The molecule has 0 aliphatic rings. The van der Waals surface area contributed by atoms with Gasteiger partial charge in [-0.25, -0.2) is 4.39 Å². The number of hydrogen-bond acceptors (Lipinski definition) is 0. The van der Waals surface area contributed by atoms with Crippen LogP contribution in [-0.4, -0.2) is 9.13 Å². The van der Waals surface area contributed by atoms with Crippen LogP contribution in [0.1, 0.15) is 0 Å². The fourth-order valence-corrected chi connectivity index (χ4v) is 8.69. The van der Waals surface area contributed by atoms with Crippen molar-refractivity contribution in [1.82, 2.24) is 9.13 Å². The van der Waals surface area contributed by atoms with Gasteiger partial charge in [0, 0.05) is 32.9 Å². The summed E-state index contributed by atoms with van der Waals surface area (Å²) in [5.41, 5.74) is 14.7. The molecule has 0 atom stereocenters. The van der Waals surface area contributed by atoms with E-state index in [0.717, 1.165) is 77.7 Å². The standard InChI is InChI=1S/C54H35FN2/c55-44-31-43(42-29-40(36-14-4-1-5-15-36)28-41(30-42)37-16-6-2-7-17-37)32-46(35-44)57-51-22-12-10-20-47(51)49-26-24-39(34-54(49)57)38-25-27-53-50(33-38)48-21-11-13-23-52(48)56(53)45-18-8-3-9-19-45/h1-35H. The Morgan fingerprint density at radius 1 is 0.246 bits per heavy atom. The molecule has 9 aromatic carbocycles. The van der Waals surface area contributed by atoms with E-state index in [2.05, 4.69) is 197 Å². The van der Waals surface area contributed by atoms with Crippen LogP contribution in [0.5, 0.6) is 0 Å². The SMILES string of the molecule is Fc1cc(-c2cc(-c3ccccc3)cc(-c3ccccc3)c2)cc(-n2c3ccccc3c3ccc(-c4ccc5c(c4)c4ccccc4n5-c4ccccc4)cc32)c1. The zero-order valence-corrected chi connectivity index (χ0v) is 31.0. The summed E-state index contributed by atoms with van der Waals surface area (Å²) in [6.07, 6.45) is 0. The zero-order valence-electron chi connectivity index (χ0n) is 31.0. The Morgan fingerprint density at radius 2 is 0.702 bits per heavy atom. The van der Waals surface area contributed by atoms with Gasteiger partial charge in [-0.15, -0.1) is 0 Å². The third-order valence-corrected chi connectivity index (χ3v) is 11.3. The number of halogens is 1. The quantitative estimate of drug-likeness (QED) is 0.161. The first-order chi connectivity index (χ1) is 28.2. The molecule has 0 saturated heterocycles. The van der Waals surface area contributed by atoms with Gasteiger partial charge >= 0.3 is 0 Å². The van der Waals surface area contributed by atoms with Gasteiger partial charge in [-0.1, -0.05) is 133 Å². The van der Waals surface area contributed by atoms with Crippen molar-refractivity contribution in [1.29, 1.82) is 0 Å². The Morgan fingerprint density at radius 3 is 1.35 bits per heavy atom. The van der Waals surface area contributed by atoms with Crippen LogP contribution in [0.25, 0.3) is 99.5 Å². The molecule has 3 heteroatoms. The third kappa shape index (κ3) is 5.63. The molecule has 0 amide bonds. The maximum atomic E-state index is 16.1.